The Hall–Kier alpha value is -1.48. The molecule has 0 radical (unpaired) electrons. The smallest absolute Gasteiger partial charge is 0.330 e. The van der Waals surface area contributed by atoms with Gasteiger partial charge in [-0.2, -0.15) is 0 Å². The van der Waals surface area contributed by atoms with Crippen LogP contribution in [0.1, 0.15) is 45.8 Å². The molecule has 2 aliphatic heterocycles. The number of hydrogen-bond donors (Lipinski definition) is 2. The lowest BCUT2D eigenvalue weighted by atomic mass is 9.89. The van der Waals surface area contributed by atoms with E-state index >= 15 is 0 Å². The molecule has 132 valence electrons. The zero-order valence-corrected chi connectivity index (χ0v) is 13.8. The first-order chi connectivity index (χ1) is 11.3. The Morgan fingerprint density at radius 3 is 2.62 bits per heavy atom. The van der Waals surface area contributed by atoms with Gasteiger partial charge >= 0.3 is 5.69 Å². The lowest BCUT2D eigenvalue weighted by Gasteiger charge is -2.32. The van der Waals surface area contributed by atoms with Crippen molar-refractivity contribution < 1.29 is 19.3 Å². The second-order valence-electron chi connectivity index (χ2n) is 7.36. The van der Waals surface area contributed by atoms with E-state index in [2.05, 4.69) is 4.98 Å². The van der Waals surface area contributed by atoms with Gasteiger partial charge < -0.3 is 19.3 Å². The van der Waals surface area contributed by atoms with Crippen molar-refractivity contribution >= 4 is 0 Å². The molecule has 1 aliphatic carbocycles. The minimum Gasteiger partial charge on any atom is -0.393 e. The van der Waals surface area contributed by atoms with Gasteiger partial charge in [-0.05, 0) is 26.7 Å². The van der Waals surface area contributed by atoms with E-state index < -0.39 is 40.6 Å². The monoisotopic (exact) mass is 338 g/mol. The van der Waals surface area contributed by atoms with Gasteiger partial charge in [0.1, 0.15) is 17.3 Å². The Morgan fingerprint density at radius 2 is 2.00 bits per heavy atom. The van der Waals surface area contributed by atoms with Crippen LogP contribution in [0.3, 0.4) is 0 Å². The Labute approximate surface area is 138 Å². The fraction of sp³-hybridized carbons (Fsp3) is 0.750. The molecule has 4 rings (SSSR count). The second kappa shape index (κ2) is 5.01. The van der Waals surface area contributed by atoms with E-state index in [4.69, 9.17) is 14.2 Å². The van der Waals surface area contributed by atoms with Crippen LogP contribution in [0.2, 0.25) is 0 Å². The molecule has 1 saturated carbocycles. The molecule has 0 aromatic carbocycles. The Morgan fingerprint density at radius 1 is 1.29 bits per heavy atom. The molecule has 0 unspecified atom stereocenters. The van der Waals surface area contributed by atoms with Gasteiger partial charge in [0.25, 0.3) is 5.56 Å². The maximum atomic E-state index is 12.2. The van der Waals surface area contributed by atoms with Crippen molar-refractivity contribution in [1.82, 2.24) is 9.55 Å². The summed E-state index contributed by atoms with van der Waals surface area (Å²) in [5.74, 6) is -0.677. The lowest BCUT2D eigenvalue weighted by Crippen LogP contribution is -2.48. The number of H-pyrrole nitrogens is 1. The lowest BCUT2D eigenvalue weighted by molar-refractivity contribution is -0.248. The second-order valence-corrected chi connectivity index (χ2v) is 7.36. The molecule has 3 aliphatic rings. The van der Waals surface area contributed by atoms with Gasteiger partial charge in [0.05, 0.1) is 6.61 Å². The number of aliphatic hydroxyl groups is 1. The topological polar surface area (TPSA) is 103 Å². The first-order valence-electron chi connectivity index (χ1n) is 8.30. The molecule has 0 bridgehead atoms. The summed E-state index contributed by atoms with van der Waals surface area (Å²) in [7, 11) is 0. The van der Waals surface area contributed by atoms with Crippen molar-refractivity contribution in [2.24, 2.45) is 0 Å². The number of aromatic nitrogens is 2. The molecule has 0 amide bonds. The third-order valence-corrected chi connectivity index (χ3v) is 5.47. The number of fused-ring (bicyclic) bond motifs is 1. The number of hydrogen-bond acceptors (Lipinski definition) is 6. The Kier molecular flexibility index (Phi) is 3.34. The van der Waals surface area contributed by atoms with Gasteiger partial charge in [-0.1, -0.05) is 0 Å². The van der Waals surface area contributed by atoms with Crippen molar-refractivity contribution in [3.8, 4) is 0 Å². The maximum Gasteiger partial charge on any atom is 0.330 e. The summed E-state index contributed by atoms with van der Waals surface area (Å²) in [6.45, 7) is 3.33. The van der Waals surface area contributed by atoms with Crippen LogP contribution in [0.4, 0.5) is 0 Å². The fourth-order valence-electron chi connectivity index (χ4n) is 4.35. The summed E-state index contributed by atoms with van der Waals surface area (Å²) >= 11 is 0. The average molecular weight is 338 g/mol. The van der Waals surface area contributed by atoms with Crippen LogP contribution in [-0.2, 0) is 14.2 Å². The summed E-state index contributed by atoms with van der Waals surface area (Å²) in [5, 5.41) is 9.89. The zero-order chi connectivity index (χ0) is 17.2. The van der Waals surface area contributed by atoms with Gasteiger partial charge in [-0.15, -0.1) is 0 Å². The van der Waals surface area contributed by atoms with Crippen LogP contribution >= 0.6 is 0 Å². The van der Waals surface area contributed by atoms with Gasteiger partial charge in [-0.25, -0.2) is 4.79 Å². The Bertz CT molecular complexity index is 766. The van der Waals surface area contributed by atoms with Crippen LogP contribution in [0.5, 0.6) is 0 Å². The molecule has 2 N–H and O–H groups in total. The highest BCUT2D eigenvalue weighted by Gasteiger charge is 2.70. The molecule has 1 spiro atoms. The average Bonchev–Trinajstić information content (AvgIpc) is 3.16. The summed E-state index contributed by atoms with van der Waals surface area (Å²) < 4.78 is 19.9. The molecule has 4 atom stereocenters. The number of nitrogens with one attached hydrogen (secondary N) is 1. The molecular formula is C16H22N2O6. The highest BCUT2D eigenvalue weighted by atomic mass is 16.8. The third-order valence-electron chi connectivity index (χ3n) is 5.47. The van der Waals surface area contributed by atoms with Crippen molar-refractivity contribution in [3.05, 3.63) is 33.1 Å². The summed E-state index contributed by atoms with van der Waals surface area (Å²) in [5.41, 5.74) is -2.99. The largest absolute Gasteiger partial charge is 0.393 e. The summed E-state index contributed by atoms with van der Waals surface area (Å²) in [6, 6.07) is 1.26. The van der Waals surface area contributed by atoms with E-state index in [0.29, 0.717) is 0 Å². The predicted octanol–water partition coefficient (Wildman–Crippen LogP) is 0.261. The van der Waals surface area contributed by atoms with Crippen LogP contribution < -0.4 is 11.2 Å². The van der Waals surface area contributed by atoms with Crippen LogP contribution in [0.25, 0.3) is 0 Å². The molecule has 3 heterocycles. The highest BCUT2D eigenvalue weighted by Crippen LogP contribution is 2.57. The summed E-state index contributed by atoms with van der Waals surface area (Å²) in [6.07, 6.45) is 3.67. The molecule has 8 nitrogen and oxygen atoms in total. The minimum absolute atomic E-state index is 0.263. The van der Waals surface area contributed by atoms with E-state index in [1.165, 1.54) is 16.8 Å². The van der Waals surface area contributed by atoms with Gasteiger partial charge in [0, 0.05) is 25.1 Å². The van der Waals surface area contributed by atoms with Crippen LogP contribution in [-0.4, -0.2) is 44.4 Å². The third kappa shape index (κ3) is 2.07. The predicted molar refractivity (Wildman–Crippen MR) is 82.5 cm³/mol. The Balaban J connectivity index is 1.81. The van der Waals surface area contributed by atoms with E-state index in [1.807, 2.05) is 6.92 Å². The standard InChI is InChI=1S/C16H22N2O6/c1-14(9-19)11-15(2,24-16(22-11)6-3-4-7-16)12(23-14)18-8-5-10(20)17-13(18)21/h5,8,11-12,19H,3-4,6-7,9H2,1-2H3,(H,17,20,21)/t11-,12-,14-,15-/m1/s1. The van der Waals surface area contributed by atoms with E-state index in [0.717, 1.165) is 25.7 Å². The number of nitrogens with zero attached hydrogens (tertiary/aromatic N) is 1. The molecule has 3 fully saturated rings. The van der Waals surface area contributed by atoms with Gasteiger partial charge in [0.2, 0.25) is 0 Å². The summed E-state index contributed by atoms with van der Waals surface area (Å²) in [4.78, 5) is 25.8. The van der Waals surface area contributed by atoms with Crippen LogP contribution in [0.15, 0.2) is 21.9 Å². The molecule has 8 heteroatoms. The van der Waals surface area contributed by atoms with Gasteiger partial charge in [0.15, 0.2) is 12.0 Å². The van der Waals surface area contributed by atoms with Crippen LogP contribution in [0, 0.1) is 0 Å². The maximum absolute atomic E-state index is 12.2. The normalized spacial score (nSPS) is 40.3. The number of rotatable bonds is 2. The zero-order valence-electron chi connectivity index (χ0n) is 13.8. The minimum atomic E-state index is -0.999. The van der Waals surface area contributed by atoms with Gasteiger partial charge in [-0.3, -0.25) is 14.3 Å². The molecular weight excluding hydrogens is 316 g/mol. The van der Waals surface area contributed by atoms with Crippen molar-refractivity contribution in [2.45, 2.75) is 68.9 Å². The number of aliphatic hydroxyl groups excluding tert-OH is 1. The molecule has 2 saturated heterocycles. The van der Waals surface area contributed by atoms with E-state index in [9.17, 15) is 14.7 Å². The fourth-order valence-corrected chi connectivity index (χ4v) is 4.35. The van der Waals surface area contributed by atoms with Crippen molar-refractivity contribution in [3.63, 3.8) is 0 Å². The van der Waals surface area contributed by atoms with Crippen molar-refractivity contribution in [2.75, 3.05) is 6.61 Å². The number of ether oxygens (including phenoxy) is 3. The SMILES string of the molecule is C[C@@]12OC3(CCCC3)O[C@@H]1[C@@](C)(CO)O[C@H]2n1ccc(=O)[nH]c1=O. The molecule has 1 aromatic rings. The molecule has 1 aromatic heterocycles. The number of aromatic amines is 1. The quantitative estimate of drug-likeness (QED) is 0.802. The first-order valence-corrected chi connectivity index (χ1v) is 8.30. The molecule has 24 heavy (non-hydrogen) atoms. The highest BCUT2D eigenvalue weighted by molar-refractivity contribution is 5.13. The van der Waals surface area contributed by atoms with E-state index in [-0.39, 0.29) is 6.61 Å². The van der Waals surface area contributed by atoms with E-state index in [1.54, 1.807) is 6.92 Å². The van der Waals surface area contributed by atoms with Crippen molar-refractivity contribution in [1.29, 1.82) is 0 Å². The first kappa shape index (κ1) is 16.0.